The van der Waals surface area contributed by atoms with E-state index in [1.807, 2.05) is 0 Å². The summed E-state index contributed by atoms with van der Waals surface area (Å²) in [6.07, 6.45) is 4.14. The van der Waals surface area contributed by atoms with Crippen molar-refractivity contribution >= 4 is 5.91 Å². The van der Waals surface area contributed by atoms with Gasteiger partial charge in [0.2, 0.25) is 5.91 Å². The molecule has 7 nitrogen and oxygen atoms in total. The highest BCUT2D eigenvalue weighted by Gasteiger charge is 2.57. The fourth-order valence-corrected chi connectivity index (χ4v) is 5.77. The Morgan fingerprint density at radius 1 is 1.10 bits per heavy atom. The number of hydrogen-bond acceptors (Lipinski definition) is 5. The summed E-state index contributed by atoms with van der Waals surface area (Å²) in [5.41, 5.74) is 1.42. The SMILES string of the molecule is O=C(C1CCOCC1)N1CC2(CN(Cc3ccccc3)CC2c2nc(C3CC3)n[nH]2)C1. The number of nitrogens with zero attached hydrogens (tertiary/aromatic N) is 4. The standard InChI is InChI=1S/C24H31N5O2/c30-23(19-8-10-31-11-9-19)29-15-24(16-29)14-28(12-17-4-2-1-3-5-17)13-20(24)22-25-21(26-27-22)18-6-7-18/h1-5,18-20H,6-16H2,(H,25,26,27). The predicted octanol–water partition coefficient (Wildman–Crippen LogP) is 2.54. The molecule has 4 aliphatic rings. The molecule has 3 saturated heterocycles. The lowest BCUT2D eigenvalue weighted by atomic mass is 9.70. The Morgan fingerprint density at radius 3 is 2.61 bits per heavy atom. The van der Waals surface area contributed by atoms with E-state index in [0.717, 1.165) is 57.2 Å². The van der Waals surface area contributed by atoms with Gasteiger partial charge in [-0.05, 0) is 31.2 Å². The third-order valence-corrected chi connectivity index (χ3v) is 7.65. The number of ether oxygens (including phenoxy) is 1. The highest BCUT2D eigenvalue weighted by Crippen LogP contribution is 2.49. The van der Waals surface area contributed by atoms with Crippen LogP contribution in [0.5, 0.6) is 0 Å². The van der Waals surface area contributed by atoms with E-state index in [9.17, 15) is 4.79 Å². The Bertz CT molecular complexity index is 928. The average Bonchev–Trinajstić information content (AvgIpc) is 3.39. The molecule has 0 bridgehead atoms. The predicted molar refractivity (Wildman–Crippen MR) is 115 cm³/mol. The second-order valence-corrected chi connectivity index (χ2v) is 10.0. The van der Waals surface area contributed by atoms with Gasteiger partial charge in [0.1, 0.15) is 5.82 Å². The number of hydrogen-bond donors (Lipinski definition) is 1. The molecule has 1 atom stereocenters. The van der Waals surface area contributed by atoms with Crippen LogP contribution in [0.2, 0.25) is 0 Å². The maximum Gasteiger partial charge on any atom is 0.225 e. The average molecular weight is 422 g/mol. The van der Waals surface area contributed by atoms with Crippen LogP contribution >= 0.6 is 0 Å². The van der Waals surface area contributed by atoms with E-state index in [4.69, 9.17) is 9.72 Å². The van der Waals surface area contributed by atoms with Crippen LogP contribution < -0.4 is 0 Å². The number of aromatic nitrogens is 3. The minimum Gasteiger partial charge on any atom is -0.381 e. The van der Waals surface area contributed by atoms with Crippen LogP contribution in [0.25, 0.3) is 0 Å². The van der Waals surface area contributed by atoms with E-state index >= 15 is 0 Å². The van der Waals surface area contributed by atoms with Crippen molar-refractivity contribution in [3.63, 3.8) is 0 Å². The van der Waals surface area contributed by atoms with Crippen molar-refractivity contribution < 1.29 is 9.53 Å². The van der Waals surface area contributed by atoms with E-state index in [1.54, 1.807) is 0 Å². The van der Waals surface area contributed by atoms with Crippen molar-refractivity contribution in [2.24, 2.45) is 11.3 Å². The largest absolute Gasteiger partial charge is 0.381 e. The summed E-state index contributed by atoms with van der Waals surface area (Å²) in [5, 5.41) is 7.81. The van der Waals surface area contributed by atoms with Crippen LogP contribution in [-0.4, -0.2) is 70.3 Å². The number of carbonyl (C=O) groups excluding carboxylic acids is 1. The molecular formula is C24H31N5O2. The highest BCUT2D eigenvalue weighted by molar-refractivity contribution is 5.80. The van der Waals surface area contributed by atoms with Crippen LogP contribution in [-0.2, 0) is 16.1 Å². The minimum atomic E-state index is 0.0793. The summed E-state index contributed by atoms with van der Waals surface area (Å²) in [7, 11) is 0. The van der Waals surface area contributed by atoms with Crippen LogP contribution in [0.3, 0.4) is 0 Å². The quantitative estimate of drug-likeness (QED) is 0.803. The van der Waals surface area contributed by atoms with Crippen LogP contribution in [0.4, 0.5) is 0 Å². The zero-order valence-electron chi connectivity index (χ0n) is 18.0. The van der Waals surface area contributed by atoms with Crippen molar-refractivity contribution in [1.82, 2.24) is 25.0 Å². The molecule has 4 fully saturated rings. The summed E-state index contributed by atoms with van der Waals surface area (Å²) < 4.78 is 5.45. The van der Waals surface area contributed by atoms with Crippen molar-refractivity contribution in [3.05, 3.63) is 47.5 Å². The first-order chi connectivity index (χ1) is 15.2. The monoisotopic (exact) mass is 421 g/mol. The lowest BCUT2D eigenvalue weighted by Gasteiger charge is -2.51. The van der Waals surface area contributed by atoms with Gasteiger partial charge in [-0.1, -0.05) is 30.3 Å². The third kappa shape index (κ3) is 3.68. The first kappa shape index (κ1) is 19.4. The maximum absolute atomic E-state index is 13.1. The Hall–Kier alpha value is -2.25. The first-order valence-electron chi connectivity index (χ1n) is 11.8. The molecule has 1 aliphatic carbocycles. The third-order valence-electron chi connectivity index (χ3n) is 7.65. The van der Waals surface area contributed by atoms with Gasteiger partial charge in [-0.3, -0.25) is 14.8 Å². The second-order valence-electron chi connectivity index (χ2n) is 10.0. The van der Waals surface area contributed by atoms with Gasteiger partial charge in [0, 0.05) is 69.1 Å². The van der Waals surface area contributed by atoms with Gasteiger partial charge in [-0.15, -0.1) is 0 Å². The number of likely N-dealkylation sites (tertiary alicyclic amines) is 2. The minimum absolute atomic E-state index is 0.0793. The zero-order chi connectivity index (χ0) is 20.8. The number of benzene rings is 1. The Balaban J connectivity index is 1.20. The van der Waals surface area contributed by atoms with Gasteiger partial charge in [0.15, 0.2) is 5.82 Å². The number of amides is 1. The summed E-state index contributed by atoms with van der Waals surface area (Å²) in [5.74, 6) is 3.33. The van der Waals surface area contributed by atoms with Crippen molar-refractivity contribution in [2.75, 3.05) is 39.4 Å². The molecule has 31 heavy (non-hydrogen) atoms. The molecule has 7 heteroatoms. The molecule has 2 aromatic rings. The lowest BCUT2D eigenvalue weighted by Crippen LogP contribution is -2.62. The van der Waals surface area contributed by atoms with Gasteiger partial charge in [-0.2, -0.15) is 5.10 Å². The normalized spacial score (nSPS) is 26.3. The summed E-state index contributed by atoms with van der Waals surface area (Å²) in [6, 6.07) is 10.7. The lowest BCUT2D eigenvalue weighted by molar-refractivity contribution is -0.151. The molecule has 1 N–H and O–H groups in total. The molecule has 1 amide bonds. The fraction of sp³-hybridized carbons (Fsp3) is 0.625. The van der Waals surface area contributed by atoms with Crippen LogP contribution in [0.1, 0.15) is 54.7 Å². The number of H-pyrrole nitrogens is 1. The highest BCUT2D eigenvalue weighted by atomic mass is 16.5. The van der Waals surface area contributed by atoms with E-state index < -0.39 is 0 Å². The second kappa shape index (κ2) is 7.71. The van der Waals surface area contributed by atoms with E-state index in [1.165, 1.54) is 18.4 Å². The fourth-order valence-electron chi connectivity index (χ4n) is 5.77. The topological polar surface area (TPSA) is 74.3 Å². The Labute approximate surface area is 183 Å². The van der Waals surface area contributed by atoms with E-state index in [0.29, 0.717) is 31.0 Å². The first-order valence-corrected chi connectivity index (χ1v) is 11.8. The van der Waals surface area contributed by atoms with Crippen molar-refractivity contribution in [1.29, 1.82) is 0 Å². The van der Waals surface area contributed by atoms with Crippen LogP contribution in [0, 0.1) is 11.3 Å². The zero-order valence-corrected chi connectivity index (χ0v) is 18.0. The maximum atomic E-state index is 13.1. The van der Waals surface area contributed by atoms with Crippen molar-refractivity contribution in [3.8, 4) is 0 Å². The van der Waals surface area contributed by atoms with Gasteiger partial charge in [-0.25, -0.2) is 4.98 Å². The van der Waals surface area contributed by atoms with Crippen LogP contribution in [0.15, 0.2) is 30.3 Å². The Morgan fingerprint density at radius 2 is 1.87 bits per heavy atom. The molecule has 3 aliphatic heterocycles. The smallest absolute Gasteiger partial charge is 0.225 e. The number of rotatable bonds is 5. The Kier molecular flexibility index (Phi) is 4.83. The summed E-state index contributed by atoms with van der Waals surface area (Å²) in [4.78, 5) is 22.6. The molecule has 0 radical (unpaired) electrons. The van der Waals surface area contributed by atoms with Gasteiger partial charge < -0.3 is 9.64 Å². The summed E-state index contributed by atoms with van der Waals surface area (Å²) >= 11 is 0. The summed E-state index contributed by atoms with van der Waals surface area (Å²) in [6.45, 7) is 6.00. The van der Waals surface area contributed by atoms with E-state index in [2.05, 4.69) is 50.3 Å². The van der Waals surface area contributed by atoms with Gasteiger partial charge in [0.05, 0.1) is 0 Å². The number of aromatic amines is 1. The molecule has 1 aromatic carbocycles. The molecular weight excluding hydrogens is 390 g/mol. The number of carbonyl (C=O) groups is 1. The number of nitrogens with one attached hydrogen (secondary N) is 1. The molecule has 1 aromatic heterocycles. The molecule has 1 saturated carbocycles. The molecule has 1 spiro atoms. The molecule has 4 heterocycles. The molecule has 6 rings (SSSR count). The van der Waals surface area contributed by atoms with Crippen molar-refractivity contribution in [2.45, 2.75) is 44.1 Å². The molecule has 1 unspecified atom stereocenters. The van der Waals surface area contributed by atoms with Gasteiger partial charge in [0.25, 0.3) is 0 Å². The molecule has 164 valence electrons. The van der Waals surface area contributed by atoms with Gasteiger partial charge >= 0.3 is 0 Å². The van der Waals surface area contributed by atoms with E-state index in [-0.39, 0.29) is 11.3 Å².